The summed E-state index contributed by atoms with van der Waals surface area (Å²) in [5.41, 5.74) is 0.562. The zero-order valence-electron chi connectivity index (χ0n) is 13.3. The van der Waals surface area contributed by atoms with Gasteiger partial charge in [-0.15, -0.1) is 0 Å². The summed E-state index contributed by atoms with van der Waals surface area (Å²) in [6.45, 7) is 3.31. The van der Waals surface area contributed by atoms with Crippen molar-refractivity contribution in [2.24, 2.45) is 0 Å². The number of rotatable bonds is 8. The van der Waals surface area contributed by atoms with E-state index in [0.717, 1.165) is 0 Å². The Morgan fingerprint density at radius 1 is 1.26 bits per heavy atom. The normalized spacial score (nSPS) is 11.5. The highest BCUT2D eigenvalue weighted by Gasteiger charge is 2.24. The number of methoxy groups -OCH3 is 1. The summed E-state index contributed by atoms with van der Waals surface area (Å²) in [7, 11) is 1.53. The minimum Gasteiger partial charge on any atom is -0.496 e. The van der Waals surface area contributed by atoms with Gasteiger partial charge in [0.2, 0.25) is 5.91 Å². The number of ketones is 1. The van der Waals surface area contributed by atoms with Crippen molar-refractivity contribution in [1.29, 1.82) is 0 Å². The number of benzene rings is 1. The molecule has 1 aromatic rings. The first-order valence-corrected chi connectivity index (χ1v) is 7.97. The fourth-order valence-electron chi connectivity index (χ4n) is 1.89. The molecule has 0 aromatic heterocycles. The van der Waals surface area contributed by atoms with Crippen LogP contribution in [0.5, 0.6) is 5.75 Å². The number of esters is 1. The number of amides is 1. The number of ether oxygens (including phenoxy) is 2. The molecule has 6 nitrogen and oxygen atoms in total. The lowest BCUT2D eigenvalue weighted by molar-refractivity contribution is -0.147. The summed E-state index contributed by atoms with van der Waals surface area (Å²) in [6, 6.07) is 4.12. The highest BCUT2D eigenvalue weighted by atomic mass is 79.9. The fourth-order valence-corrected chi connectivity index (χ4v) is 2.45. The average Bonchev–Trinajstić information content (AvgIpc) is 2.50. The lowest BCUT2D eigenvalue weighted by Crippen LogP contribution is -2.35. The molecule has 1 N–H and O–H groups in total. The second kappa shape index (κ2) is 9.29. The Bertz CT molecular complexity index is 588. The number of halogens is 1. The summed E-state index contributed by atoms with van der Waals surface area (Å²) in [4.78, 5) is 35.0. The predicted octanol–water partition coefficient (Wildman–Crippen LogP) is 2.55. The number of Topliss-reactive ketones (excluding diaryl/α,β-unsaturated/α-hetero) is 1. The van der Waals surface area contributed by atoms with Crippen molar-refractivity contribution in [1.82, 2.24) is 5.32 Å². The molecule has 7 heteroatoms. The standard InChI is InChI=1S/C16H20BrNO5/c1-4-23-16(21)15(18-14(20)8-5-10(2)19)11-6-7-13(22-3)12(17)9-11/h6-7,9,15H,4-5,8H2,1-3H3,(H,18,20). The largest absolute Gasteiger partial charge is 0.496 e. The van der Waals surface area contributed by atoms with Crippen molar-refractivity contribution < 1.29 is 23.9 Å². The van der Waals surface area contributed by atoms with Crippen LogP contribution >= 0.6 is 15.9 Å². The van der Waals surface area contributed by atoms with Gasteiger partial charge in [0, 0.05) is 12.8 Å². The van der Waals surface area contributed by atoms with Crippen molar-refractivity contribution in [3.8, 4) is 5.75 Å². The second-order valence-electron chi connectivity index (χ2n) is 4.85. The smallest absolute Gasteiger partial charge is 0.333 e. The SMILES string of the molecule is CCOC(=O)C(NC(=O)CCC(C)=O)c1ccc(OC)c(Br)c1. The first-order valence-electron chi connectivity index (χ1n) is 7.17. The van der Waals surface area contributed by atoms with Gasteiger partial charge in [0.25, 0.3) is 0 Å². The summed E-state index contributed by atoms with van der Waals surface area (Å²) in [5, 5.41) is 2.61. The van der Waals surface area contributed by atoms with E-state index >= 15 is 0 Å². The zero-order chi connectivity index (χ0) is 17.4. The van der Waals surface area contributed by atoms with Gasteiger partial charge < -0.3 is 19.6 Å². The molecule has 1 rings (SSSR count). The van der Waals surface area contributed by atoms with Gasteiger partial charge in [-0.25, -0.2) is 4.79 Å². The van der Waals surface area contributed by atoms with E-state index in [-0.39, 0.29) is 31.1 Å². The molecule has 0 saturated carbocycles. The molecule has 0 spiro atoms. The van der Waals surface area contributed by atoms with Crippen LogP contribution in [0.1, 0.15) is 38.3 Å². The van der Waals surface area contributed by atoms with Crippen LogP contribution in [0.25, 0.3) is 0 Å². The number of carbonyl (C=O) groups is 3. The van der Waals surface area contributed by atoms with Gasteiger partial charge in [0.05, 0.1) is 18.2 Å². The van der Waals surface area contributed by atoms with Crippen molar-refractivity contribution in [3.63, 3.8) is 0 Å². The van der Waals surface area contributed by atoms with Crippen LogP contribution in [0.4, 0.5) is 0 Å². The van der Waals surface area contributed by atoms with Crippen LogP contribution < -0.4 is 10.1 Å². The molecule has 0 aliphatic heterocycles. The Balaban J connectivity index is 2.96. The lowest BCUT2D eigenvalue weighted by atomic mass is 10.1. The molecule has 1 amide bonds. The maximum absolute atomic E-state index is 12.1. The Hall–Kier alpha value is -1.89. The zero-order valence-corrected chi connectivity index (χ0v) is 14.9. The van der Waals surface area contributed by atoms with E-state index in [2.05, 4.69) is 21.2 Å². The van der Waals surface area contributed by atoms with E-state index in [1.807, 2.05) is 0 Å². The Morgan fingerprint density at radius 3 is 2.48 bits per heavy atom. The molecule has 0 fully saturated rings. The minimum atomic E-state index is -0.934. The maximum atomic E-state index is 12.1. The molecule has 0 saturated heterocycles. The van der Waals surface area contributed by atoms with Crippen LogP contribution in [0.15, 0.2) is 22.7 Å². The molecular formula is C16H20BrNO5. The summed E-state index contributed by atoms with van der Waals surface area (Å²) < 4.78 is 10.8. The summed E-state index contributed by atoms with van der Waals surface area (Å²) in [5.74, 6) is -0.412. The third-order valence-corrected chi connectivity index (χ3v) is 3.66. The Morgan fingerprint density at radius 2 is 1.96 bits per heavy atom. The van der Waals surface area contributed by atoms with Crippen LogP contribution in [-0.2, 0) is 19.1 Å². The third kappa shape index (κ3) is 6.02. The van der Waals surface area contributed by atoms with Crippen LogP contribution in [0, 0.1) is 0 Å². The number of nitrogens with one attached hydrogen (secondary N) is 1. The van der Waals surface area contributed by atoms with Crippen molar-refractivity contribution in [3.05, 3.63) is 28.2 Å². The van der Waals surface area contributed by atoms with Crippen molar-refractivity contribution >= 4 is 33.6 Å². The van der Waals surface area contributed by atoms with Crippen molar-refractivity contribution in [2.45, 2.75) is 32.7 Å². The molecule has 0 heterocycles. The highest BCUT2D eigenvalue weighted by Crippen LogP contribution is 2.28. The van der Waals surface area contributed by atoms with Crippen LogP contribution in [0.2, 0.25) is 0 Å². The van der Waals surface area contributed by atoms with Crippen LogP contribution in [0.3, 0.4) is 0 Å². The minimum absolute atomic E-state index is 0.0303. The molecule has 0 aliphatic carbocycles. The topological polar surface area (TPSA) is 81.7 Å². The molecule has 23 heavy (non-hydrogen) atoms. The third-order valence-electron chi connectivity index (χ3n) is 3.04. The maximum Gasteiger partial charge on any atom is 0.333 e. The quantitative estimate of drug-likeness (QED) is 0.695. The van der Waals surface area contributed by atoms with E-state index < -0.39 is 12.0 Å². The Labute approximate surface area is 143 Å². The lowest BCUT2D eigenvalue weighted by Gasteiger charge is -2.18. The second-order valence-corrected chi connectivity index (χ2v) is 5.70. The van der Waals surface area contributed by atoms with Crippen LogP contribution in [-0.4, -0.2) is 31.4 Å². The molecule has 1 unspecified atom stereocenters. The van der Waals surface area contributed by atoms with Gasteiger partial charge in [-0.2, -0.15) is 0 Å². The molecule has 0 radical (unpaired) electrons. The van der Waals surface area contributed by atoms with Gasteiger partial charge in [-0.05, 0) is 47.5 Å². The first kappa shape index (κ1) is 19.2. The van der Waals surface area contributed by atoms with Gasteiger partial charge in [-0.1, -0.05) is 6.07 Å². The summed E-state index contributed by atoms with van der Waals surface area (Å²) >= 11 is 3.35. The predicted molar refractivity (Wildman–Crippen MR) is 88.1 cm³/mol. The number of hydrogen-bond acceptors (Lipinski definition) is 5. The van der Waals surface area contributed by atoms with E-state index in [4.69, 9.17) is 9.47 Å². The van der Waals surface area contributed by atoms with E-state index in [1.165, 1.54) is 14.0 Å². The van der Waals surface area contributed by atoms with E-state index in [9.17, 15) is 14.4 Å². The summed E-state index contributed by atoms with van der Waals surface area (Å²) in [6.07, 6.45) is 0.163. The van der Waals surface area contributed by atoms with Crippen molar-refractivity contribution in [2.75, 3.05) is 13.7 Å². The highest BCUT2D eigenvalue weighted by molar-refractivity contribution is 9.10. The fraction of sp³-hybridized carbons (Fsp3) is 0.438. The Kier molecular flexibility index (Phi) is 7.74. The van der Waals surface area contributed by atoms with E-state index in [1.54, 1.807) is 25.1 Å². The molecule has 0 aliphatic rings. The van der Waals surface area contributed by atoms with Gasteiger partial charge in [0.15, 0.2) is 6.04 Å². The monoisotopic (exact) mass is 385 g/mol. The number of carbonyl (C=O) groups excluding carboxylic acids is 3. The molecule has 1 atom stereocenters. The van der Waals surface area contributed by atoms with Gasteiger partial charge >= 0.3 is 5.97 Å². The van der Waals surface area contributed by atoms with Gasteiger partial charge in [-0.3, -0.25) is 4.79 Å². The molecule has 1 aromatic carbocycles. The van der Waals surface area contributed by atoms with E-state index in [0.29, 0.717) is 15.8 Å². The average molecular weight is 386 g/mol. The van der Waals surface area contributed by atoms with Gasteiger partial charge in [0.1, 0.15) is 11.5 Å². The molecule has 0 bridgehead atoms. The number of hydrogen-bond donors (Lipinski definition) is 1. The first-order chi connectivity index (χ1) is 10.9. The molecule has 126 valence electrons. The molecular weight excluding hydrogens is 366 g/mol.